The third-order valence-corrected chi connectivity index (χ3v) is 3.84. The van der Waals surface area contributed by atoms with Crippen LogP contribution in [-0.2, 0) is 9.53 Å². The molecule has 1 aliphatic heterocycles. The molecule has 0 saturated heterocycles. The van der Waals surface area contributed by atoms with E-state index in [9.17, 15) is 4.79 Å². The van der Waals surface area contributed by atoms with Gasteiger partial charge in [0.1, 0.15) is 0 Å². The molecule has 18 heavy (non-hydrogen) atoms. The van der Waals surface area contributed by atoms with E-state index in [1.807, 2.05) is 28.7 Å². The fourth-order valence-corrected chi connectivity index (χ4v) is 2.42. The summed E-state index contributed by atoms with van der Waals surface area (Å²) in [7, 11) is 4.49. The number of carbonyl (C=O) groups is 1. The molecule has 0 amide bonds. The van der Waals surface area contributed by atoms with Gasteiger partial charge in [-0.25, -0.2) is 9.79 Å². The van der Waals surface area contributed by atoms with Crippen LogP contribution in [0.5, 0.6) is 11.5 Å². The van der Waals surface area contributed by atoms with E-state index in [1.165, 1.54) is 7.11 Å². The van der Waals surface area contributed by atoms with Gasteiger partial charge in [-0.2, -0.15) is 0 Å². The fourth-order valence-electron chi connectivity index (χ4n) is 1.64. The monoisotopic (exact) mass is 361 g/mol. The van der Waals surface area contributed by atoms with Crippen molar-refractivity contribution in [2.45, 2.75) is 3.55 Å². The van der Waals surface area contributed by atoms with Gasteiger partial charge in [0, 0.05) is 5.56 Å². The molecule has 0 spiro atoms. The van der Waals surface area contributed by atoms with E-state index >= 15 is 0 Å². The first-order valence-corrected chi connectivity index (χ1v) is 6.24. The van der Waals surface area contributed by atoms with Gasteiger partial charge < -0.3 is 14.2 Å². The lowest BCUT2D eigenvalue weighted by molar-refractivity contribution is -0.139. The van der Waals surface area contributed by atoms with Gasteiger partial charge in [-0.05, 0) is 40.8 Å². The molecule has 0 N–H and O–H groups in total. The number of rotatable bonds is 4. The van der Waals surface area contributed by atoms with Crippen LogP contribution >= 0.6 is 22.6 Å². The Hall–Kier alpha value is -1.31. The third-order valence-electron chi connectivity index (χ3n) is 2.64. The largest absolute Gasteiger partial charge is 0.493 e. The smallest absolute Gasteiger partial charge is 0.350 e. The van der Waals surface area contributed by atoms with E-state index < -0.39 is 3.55 Å². The molecular formula is C12H12INO4. The number of ether oxygens (including phenoxy) is 3. The van der Waals surface area contributed by atoms with E-state index in [0.29, 0.717) is 17.2 Å². The van der Waals surface area contributed by atoms with Crippen LogP contribution in [0.3, 0.4) is 0 Å². The van der Waals surface area contributed by atoms with Crippen molar-refractivity contribution in [3.05, 3.63) is 23.8 Å². The summed E-state index contributed by atoms with van der Waals surface area (Å²) in [6.45, 7) is 0. The summed E-state index contributed by atoms with van der Waals surface area (Å²) < 4.78 is 14.2. The summed E-state index contributed by atoms with van der Waals surface area (Å²) in [5, 5.41) is 0. The molecule has 1 unspecified atom stereocenters. The number of halogens is 1. The maximum absolute atomic E-state index is 11.6. The summed E-state index contributed by atoms with van der Waals surface area (Å²) in [4.78, 5) is 15.7. The van der Waals surface area contributed by atoms with Gasteiger partial charge >= 0.3 is 5.97 Å². The van der Waals surface area contributed by atoms with Crippen LogP contribution in [0.2, 0.25) is 0 Å². The number of benzene rings is 1. The molecule has 1 aromatic carbocycles. The molecule has 0 saturated carbocycles. The summed E-state index contributed by atoms with van der Waals surface area (Å²) in [5.41, 5.74) is 1.52. The zero-order chi connectivity index (χ0) is 13.3. The quantitative estimate of drug-likeness (QED) is 0.355. The van der Waals surface area contributed by atoms with Gasteiger partial charge in [0.05, 0.1) is 27.0 Å². The van der Waals surface area contributed by atoms with Gasteiger partial charge in [0.2, 0.25) is 3.55 Å². The van der Waals surface area contributed by atoms with Gasteiger partial charge in [-0.15, -0.1) is 0 Å². The van der Waals surface area contributed by atoms with E-state index in [-0.39, 0.29) is 5.97 Å². The molecule has 1 atom stereocenters. The van der Waals surface area contributed by atoms with Gasteiger partial charge in [0.25, 0.3) is 0 Å². The average Bonchev–Trinajstić information content (AvgIpc) is 3.10. The summed E-state index contributed by atoms with van der Waals surface area (Å²) in [6, 6.07) is 5.41. The van der Waals surface area contributed by atoms with Crippen LogP contribution in [0.1, 0.15) is 5.56 Å². The molecule has 0 aromatic heterocycles. The molecular weight excluding hydrogens is 349 g/mol. The molecule has 0 fully saturated rings. The predicted octanol–water partition coefficient (Wildman–Crippen LogP) is 1.81. The molecule has 1 heterocycles. The number of nitrogens with zero attached hydrogens (tertiary/aromatic N) is 1. The Bertz CT molecular complexity index is 529. The lowest BCUT2D eigenvalue weighted by Crippen LogP contribution is -2.24. The second-order valence-corrected chi connectivity index (χ2v) is 5.21. The fraction of sp³-hybridized carbons (Fsp3) is 0.333. The lowest BCUT2D eigenvalue weighted by Gasteiger charge is -2.09. The summed E-state index contributed by atoms with van der Waals surface area (Å²) in [6.07, 6.45) is 0. The lowest BCUT2D eigenvalue weighted by atomic mass is 10.1. The topological polar surface area (TPSA) is 57.1 Å². The Kier molecular flexibility index (Phi) is 3.47. The Labute approximate surface area is 118 Å². The van der Waals surface area contributed by atoms with Crippen molar-refractivity contribution < 1.29 is 19.0 Å². The van der Waals surface area contributed by atoms with E-state index in [4.69, 9.17) is 14.2 Å². The molecule has 0 radical (unpaired) electrons. The average molecular weight is 361 g/mol. The second-order valence-electron chi connectivity index (χ2n) is 3.64. The van der Waals surface area contributed by atoms with Crippen molar-refractivity contribution in [3.8, 4) is 11.5 Å². The highest BCUT2D eigenvalue weighted by atomic mass is 127. The molecule has 2 rings (SSSR count). The van der Waals surface area contributed by atoms with Crippen LogP contribution in [0, 0.1) is 0 Å². The van der Waals surface area contributed by atoms with Crippen molar-refractivity contribution in [2.75, 3.05) is 21.3 Å². The molecule has 1 aromatic rings. The van der Waals surface area contributed by atoms with Crippen LogP contribution in [-0.4, -0.2) is 36.6 Å². The highest BCUT2D eigenvalue weighted by molar-refractivity contribution is 14.1. The van der Waals surface area contributed by atoms with Gasteiger partial charge in [0.15, 0.2) is 11.5 Å². The molecule has 96 valence electrons. The number of carbonyl (C=O) groups excluding carboxylic acids is 1. The highest BCUT2D eigenvalue weighted by Crippen LogP contribution is 2.42. The van der Waals surface area contributed by atoms with Crippen molar-refractivity contribution >= 4 is 34.3 Å². The highest BCUT2D eigenvalue weighted by Gasteiger charge is 2.53. The SMILES string of the molecule is COC(=O)C1(I)N=C1c1ccc(OC)c(OC)c1. The maximum atomic E-state index is 11.6. The Balaban J connectivity index is 2.27. The summed E-state index contributed by atoms with van der Waals surface area (Å²) >= 11 is 1.97. The number of alkyl halides is 1. The van der Waals surface area contributed by atoms with E-state index in [2.05, 4.69) is 4.99 Å². The number of hydrogen-bond acceptors (Lipinski definition) is 5. The van der Waals surface area contributed by atoms with E-state index in [0.717, 1.165) is 5.56 Å². The number of hydrogen-bond donors (Lipinski definition) is 0. The predicted molar refractivity (Wildman–Crippen MR) is 74.9 cm³/mol. The number of esters is 1. The molecule has 5 nitrogen and oxygen atoms in total. The first kappa shape index (κ1) is 13.1. The minimum absolute atomic E-state index is 0.368. The van der Waals surface area contributed by atoms with Crippen LogP contribution < -0.4 is 9.47 Å². The van der Waals surface area contributed by atoms with Crippen molar-refractivity contribution in [2.24, 2.45) is 4.99 Å². The normalized spacial score (nSPS) is 21.0. The Morgan fingerprint density at radius 1 is 1.22 bits per heavy atom. The van der Waals surface area contributed by atoms with Crippen LogP contribution in [0.25, 0.3) is 0 Å². The Morgan fingerprint density at radius 2 is 1.89 bits per heavy atom. The molecule has 1 aliphatic rings. The van der Waals surface area contributed by atoms with Crippen LogP contribution in [0.4, 0.5) is 0 Å². The maximum Gasteiger partial charge on any atom is 0.350 e. The number of aliphatic imine (C=N–C) groups is 1. The summed E-state index contributed by atoms with van der Waals surface area (Å²) in [5.74, 6) is 0.876. The number of methoxy groups -OCH3 is 3. The molecule has 0 bridgehead atoms. The van der Waals surface area contributed by atoms with Crippen molar-refractivity contribution in [1.29, 1.82) is 0 Å². The van der Waals surface area contributed by atoms with Crippen molar-refractivity contribution in [1.82, 2.24) is 0 Å². The standard InChI is InChI=1S/C12H12INO4/c1-16-8-5-4-7(6-9(8)17-2)10-12(13,14-10)11(15)18-3/h4-6H,1-3H3. The molecule has 6 heteroatoms. The zero-order valence-corrected chi connectivity index (χ0v) is 12.3. The van der Waals surface area contributed by atoms with E-state index in [1.54, 1.807) is 26.4 Å². The third kappa shape index (κ3) is 2.05. The minimum Gasteiger partial charge on any atom is -0.493 e. The first-order valence-electron chi connectivity index (χ1n) is 5.17. The van der Waals surface area contributed by atoms with Crippen molar-refractivity contribution in [3.63, 3.8) is 0 Å². The second kappa shape index (κ2) is 4.75. The first-order chi connectivity index (χ1) is 8.56. The zero-order valence-electron chi connectivity index (χ0n) is 10.2. The Morgan fingerprint density at radius 3 is 2.44 bits per heavy atom. The molecule has 0 aliphatic carbocycles. The minimum atomic E-state index is -0.883. The van der Waals surface area contributed by atoms with Gasteiger partial charge in [-0.1, -0.05) is 0 Å². The van der Waals surface area contributed by atoms with Gasteiger partial charge in [-0.3, -0.25) is 0 Å². The van der Waals surface area contributed by atoms with Crippen LogP contribution in [0.15, 0.2) is 23.2 Å².